The van der Waals surface area contributed by atoms with Crippen molar-refractivity contribution in [3.8, 4) is 5.75 Å². The summed E-state index contributed by atoms with van der Waals surface area (Å²) in [5.74, 6) is -0.953. The van der Waals surface area contributed by atoms with E-state index in [1.165, 1.54) is 7.11 Å². The van der Waals surface area contributed by atoms with Crippen LogP contribution in [0.25, 0.3) is 0 Å². The average Bonchev–Trinajstić information content (AvgIpc) is 2.19. The van der Waals surface area contributed by atoms with Crippen LogP contribution in [0.1, 0.15) is 0 Å². The predicted octanol–water partition coefficient (Wildman–Crippen LogP) is 0.142. The van der Waals surface area contributed by atoms with Crippen molar-refractivity contribution in [2.75, 3.05) is 13.9 Å². The monoisotopic (exact) mass is 234 g/mol. The van der Waals surface area contributed by atoms with E-state index in [0.717, 1.165) is 12.1 Å². The first kappa shape index (κ1) is 12.3. The van der Waals surface area contributed by atoms with Crippen LogP contribution in [-0.2, 0) is 4.74 Å². The number of benzene rings is 1. The van der Waals surface area contributed by atoms with Gasteiger partial charge in [0.05, 0.1) is 5.02 Å². The summed E-state index contributed by atoms with van der Waals surface area (Å²) in [5, 5.41) is 17.5. The highest BCUT2D eigenvalue weighted by atomic mass is 35.5. The zero-order valence-electron chi connectivity index (χ0n) is 7.91. The van der Waals surface area contributed by atoms with E-state index in [2.05, 4.69) is 4.74 Å². The van der Waals surface area contributed by atoms with Gasteiger partial charge in [0.2, 0.25) is 0 Å². The normalized spacial score (nSPS) is 10.2. The molecule has 0 saturated carbocycles. The molecule has 0 amide bonds. The van der Waals surface area contributed by atoms with Crippen molar-refractivity contribution in [1.29, 1.82) is 0 Å². The van der Waals surface area contributed by atoms with Crippen LogP contribution in [0.2, 0.25) is 5.02 Å². The molecule has 1 aromatic carbocycles. The van der Waals surface area contributed by atoms with E-state index in [1.807, 2.05) is 0 Å². The maximum absolute atomic E-state index is 13.3. The van der Waals surface area contributed by atoms with E-state index in [9.17, 15) is 4.39 Å². The molecule has 0 radical (unpaired) electrons. The first-order valence-electron chi connectivity index (χ1n) is 4.03. The van der Waals surface area contributed by atoms with Crippen LogP contribution in [0.15, 0.2) is 12.1 Å². The summed E-state index contributed by atoms with van der Waals surface area (Å²) < 4.78 is 22.7. The van der Waals surface area contributed by atoms with Crippen molar-refractivity contribution in [3.63, 3.8) is 0 Å². The Bertz CT molecular complexity index is 348. The van der Waals surface area contributed by atoms with Crippen LogP contribution in [0, 0.1) is 5.82 Å². The lowest BCUT2D eigenvalue weighted by Crippen LogP contribution is -2.30. The first-order valence-corrected chi connectivity index (χ1v) is 4.41. The second kappa shape index (κ2) is 5.32. The smallest absolute Gasteiger partial charge is 0.464 e. The average molecular weight is 234 g/mol. The zero-order valence-corrected chi connectivity index (χ0v) is 8.66. The van der Waals surface area contributed by atoms with Gasteiger partial charge in [-0.15, -0.1) is 0 Å². The third-order valence-electron chi connectivity index (χ3n) is 1.65. The number of ether oxygens (including phenoxy) is 2. The number of methoxy groups -OCH3 is 1. The van der Waals surface area contributed by atoms with Gasteiger partial charge in [0, 0.05) is 7.11 Å². The Kier molecular flexibility index (Phi) is 4.35. The van der Waals surface area contributed by atoms with Gasteiger partial charge >= 0.3 is 7.12 Å². The third-order valence-corrected chi connectivity index (χ3v) is 1.92. The molecule has 0 saturated heterocycles. The van der Waals surface area contributed by atoms with E-state index in [0.29, 0.717) is 0 Å². The minimum Gasteiger partial charge on any atom is -0.464 e. The quantitative estimate of drug-likeness (QED) is 0.575. The van der Waals surface area contributed by atoms with E-state index < -0.39 is 12.9 Å². The maximum atomic E-state index is 13.3. The topological polar surface area (TPSA) is 58.9 Å². The summed E-state index contributed by atoms with van der Waals surface area (Å²) in [4.78, 5) is 0. The molecule has 0 unspecified atom stereocenters. The summed E-state index contributed by atoms with van der Waals surface area (Å²) in [6.07, 6.45) is 0. The first-order chi connectivity index (χ1) is 7.06. The molecule has 0 atom stereocenters. The largest absolute Gasteiger partial charge is 0.488 e. The number of rotatable bonds is 4. The molecule has 1 rings (SSSR count). The molecule has 0 aliphatic rings. The van der Waals surface area contributed by atoms with Crippen LogP contribution < -0.4 is 10.2 Å². The molecule has 0 aromatic heterocycles. The lowest BCUT2D eigenvalue weighted by Gasteiger charge is -2.09. The molecule has 4 nitrogen and oxygen atoms in total. The number of halogens is 2. The SMILES string of the molecule is COCOc1cc(B(O)O)cc(Cl)c1F. The van der Waals surface area contributed by atoms with Gasteiger partial charge in [-0.3, -0.25) is 0 Å². The zero-order chi connectivity index (χ0) is 11.4. The Hall–Kier alpha value is -0.815. The van der Waals surface area contributed by atoms with Gasteiger partial charge in [-0.25, -0.2) is 4.39 Å². The third kappa shape index (κ3) is 3.07. The van der Waals surface area contributed by atoms with Gasteiger partial charge in [-0.05, 0) is 17.6 Å². The summed E-state index contributed by atoms with van der Waals surface area (Å²) in [6, 6.07) is 2.26. The van der Waals surface area contributed by atoms with Crippen molar-refractivity contribution in [3.05, 3.63) is 23.0 Å². The molecule has 15 heavy (non-hydrogen) atoms. The highest BCUT2D eigenvalue weighted by Crippen LogP contribution is 2.23. The van der Waals surface area contributed by atoms with Crippen molar-refractivity contribution in [2.24, 2.45) is 0 Å². The van der Waals surface area contributed by atoms with Crippen LogP contribution >= 0.6 is 11.6 Å². The number of hydrogen-bond acceptors (Lipinski definition) is 4. The number of hydrogen-bond donors (Lipinski definition) is 2. The molecule has 0 fully saturated rings. The van der Waals surface area contributed by atoms with Crippen LogP contribution in [0.3, 0.4) is 0 Å². The highest BCUT2D eigenvalue weighted by Gasteiger charge is 2.17. The van der Waals surface area contributed by atoms with Gasteiger partial charge < -0.3 is 19.5 Å². The summed E-state index contributed by atoms with van der Waals surface area (Å²) in [6.45, 7) is -0.155. The van der Waals surface area contributed by atoms with Crippen molar-refractivity contribution in [1.82, 2.24) is 0 Å². The highest BCUT2D eigenvalue weighted by molar-refractivity contribution is 6.59. The van der Waals surface area contributed by atoms with E-state index in [-0.39, 0.29) is 23.0 Å². The molecule has 7 heteroatoms. The van der Waals surface area contributed by atoms with Crippen LogP contribution in [0.4, 0.5) is 4.39 Å². The predicted molar refractivity (Wildman–Crippen MR) is 53.7 cm³/mol. The standard InChI is InChI=1S/C8H9BClFO4/c1-14-4-15-7-3-5(9(12)13)2-6(10)8(7)11/h2-3,12-13H,4H2,1H3. The van der Waals surface area contributed by atoms with Gasteiger partial charge in [0.25, 0.3) is 0 Å². The van der Waals surface area contributed by atoms with Crippen molar-refractivity contribution < 1.29 is 23.9 Å². The second-order valence-corrected chi connectivity index (χ2v) is 3.15. The van der Waals surface area contributed by atoms with E-state index in [4.69, 9.17) is 26.4 Å². The fourth-order valence-electron chi connectivity index (χ4n) is 0.960. The molecule has 0 bridgehead atoms. The Morgan fingerprint density at radius 3 is 2.67 bits per heavy atom. The minimum atomic E-state index is -1.73. The fraction of sp³-hybridized carbons (Fsp3) is 0.250. The summed E-state index contributed by atoms with van der Waals surface area (Å²) in [5.41, 5.74) is 0.0486. The molecule has 0 aliphatic carbocycles. The lowest BCUT2D eigenvalue weighted by molar-refractivity contribution is 0.0483. The molecule has 82 valence electrons. The van der Waals surface area contributed by atoms with E-state index >= 15 is 0 Å². The maximum Gasteiger partial charge on any atom is 0.488 e. The fourth-order valence-corrected chi connectivity index (χ4v) is 1.18. The van der Waals surface area contributed by atoms with Gasteiger partial charge in [0.15, 0.2) is 18.4 Å². The Balaban J connectivity index is 3.02. The summed E-state index contributed by atoms with van der Waals surface area (Å²) in [7, 11) is -0.349. The summed E-state index contributed by atoms with van der Waals surface area (Å²) >= 11 is 5.52. The second-order valence-electron chi connectivity index (χ2n) is 2.74. The van der Waals surface area contributed by atoms with Crippen LogP contribution in [-0.4, -0.2) is 31.1 Å². The van der Waals surface area contributed by atoms with Gasteiger partial charge in [-0.1, -0.05) is 11.6 Å². The lowest BCUT2D eigenvalue weighted by atomic mass is 9.80. The molecule has 2 N–H and O–H groups in total. The minimum absolute atomic E-state index is 0.0486. The van der Waals surface area contributed by atoms with Crippen molar-refractivity contribution >= 4 is 24.2 Å². The molecule has 0 spiro atoms. The Labute approximate surface area is 91.3 Å². The molecule has 0 aliphatic heterocycles. The van der Waals surface area contributed by atoms with Gasteiger partial charge in [0.1, 0.15) is 0 Å². The molecule has 0 heterocycles. The molecule has 1 aromatic rings. The van der Waals surface area contributed by atoms with Crippen molar-refractivity contribution in [2.45, 2.75) is 0 Å². The van der Waals surface area contributed by atoms with Gasteiger partial charge in [-0.2, -0.15) is 0 Å². The Morgan fingerprint density at radius 2 is 2.13 bits per heavy atom. The Morgan fingerprint density at radius 1 is 1.47 bits per heavy atom. The van der Waals surface area contributed by atoms with E-state index in [1.54, 1.807) is 0 Å². The van der Waals surface area contributed by atoms with Crippen LogP contribution in [0.5, 0.6) is 5.75 Å². The molecular formula is C8H9BClFO4. The molecular weight excluding hydrogens is 225 g/mol.